The van der Waals surface area contributed by atoms with Crippen LogP contribution in [0.2, 0.25) is 0 Å². The molecule has 2 unspecified atom stereocenters. The number of ether oxygens (including phenoxy) is 2. The van der Waals surface area contributed by atoms with Crippen LogP contribution in [0.3, 0.4) is 0 Å². The molecule has 0 aromatic heterocycles. The summed E-state index contributed by atoms with van der Waals surface area (Å²) in [5.41, 5.74) is 7.63. The van der Waals surface area contributed by atoms with E-state index in [-0.39, 0.29) is 12.1 Å². The van der Waals surface area contributed by atoms with Crippen LogP contribution in [0.1, 0.15) is 37.7 Å². The fraction of sp³-hybridized carbons (Fsp3) is 0.647. The first-order valence-electron chi connectivity index (χ1n) is 7.66. The smallest absolute Gasteiger partial charge is 0.119 e. The van der Waals surface area contributed by atoms with Crippen molar-refractivity contribution in [1.82, 2.24) is 0 Å². The van der Waals surface area contributed by atoms with Crippen molar-refractivity contribution in [3.8, 4) is 5.75 Å². The maximum atomic E-state index is 6.42. The monoisotopic (exact) mass is 277 g/mol. The molecule has 1 saturated carbocycles. The lowest BCUT2D eigenvalue weighted by Crippen LogP contribution is -2.43. The maximum Gasteiger partial charge on any atom is 0.119 e. The molecule has 1 aliphatic rings. The summed E-state index contributed by atoms with van der Waals surface area (Å²) in [6.45, 7) is 0. The van der Waals surface area contributed by atoms with Crippen molar-refractivity contribution < 1.29 is 9.47 Å². The number of nitrogens with two attached hydrogens (primary N) is 1. The minimum absolute atomic E-state index is 0.0511. The molecular weight excluding hydrogens is 250 g/mol. The van der Waals surface area contributed by atoms with Gasteiger partial charge in [-0.25, -0.2) is 0 Å². The predicted molar refractivity (Wildman–Crippen MR) is 82.0 cm³/mol. The molecule has 1 aliphatic carbocycles. The van der Waals surface area contributed by atoms with Gasteiger partial charge in [-0.1, -0.05) is 31.4 Å². The van der Waals surface area contributed by atoms with Gasteiger partial charge in [0.25, 0.3) is 0 Å². The molecule has 112 valence electrons. The van der Waals surface area contributed by atoms with E-state index in [4.69, 9.17) is 15.2 Å². The molecule has 3 heteroatoms. The Morgan fingerprint density at radius 3 is 2.60 bits per heavy atom. The molecular formula is C17H27NO2. The van der Waals surface area contributed by atoms with E-state index >= 15 is 0 Å². The zero-order valence-corrected chi connectivity index (χ0v) is 12.7. The third kappa shape index (κ3) is 3.97. The highest BCUT2D eigenvalue weighted by Gasteiger charge is 2.28. The van der Waals surface area contributed by atoms with Crippen molar-refractivity contribution in [2.75, 3.05) is 14.2 Å². The molecule has 1 fully saturated rings. The van der Waals surface area contributed by atoms with Gasteiger partial charge in [-0.3, -0.25) is 0 Å². The van der Waals surface area contributed by atoms with E-state index in [9.17, 15) is 0 Å². The SMILES string of the molecule is COc1cccc(CC(N)C(OC)C2CCCCC2)c1. The predicted octanol–water partition coefficient (Wildman–Crippen LogP) is 3.16. The second kappa shape index (κ2) is 7.65. The highest BCUT2D eigenvalue weighted by Crippen LogP contribution is 2.29. The van der Waals surface area contributed by atoms with Crippen LogP contribution in [-0.2, 0) is 11.2 Å². The van der Waals surface area contributed by atoms with Gasteiger partial charge in [0.1, 0.15) is 5.75 Å². The van der Waals surface area contributed by atoms with Crippen LogP contribution >= 0.6 is 0 Å². The molecule has 0 amide bonds. The third-order valence-corrected chi connectivity index (χ3v) is 4.41. The quantitative estimate of drug-likeness (QED) is 0.868. The van der Waals surface area contributed by atoms with Crippen LogP contribution in [0, 0.1) is 5.92 Å². The Bertz CT molecular complexity index is 402. The molecule has 0 spiro atoms. The van der Waals surface area contributed by atoms with E-state index in [1.54, 1.807) is 14.2 Å². The molecule has 2 N–H and O–H groups in total. The number of methoxy groups -OCH3 is 2. The lowest BCUT2D eigenvalue weighted by molar-refractivity contribution is 0.0179. The fourth-order valence-corrected chi connectivity index (χ4v) is 3.37. The maximum absolute atomic E-state index is 6.42. The van der Waals surface area contributed by atoms with E-state index in [1.807, 2.05) is 12.1 Å². The Morgan fingerprint density at radius 1 is 1.20 bits per heavy atom. The van der Waals surface area contributed by atoms with E-state index in [1.165, 1.54) is 37.7 Å². The van der Waals surface area contributed by atoms with E-state index < -0.39 is 0 Å². The average molecular weight is 277 g/mol. The normalized spacial score (nSPS) is 19.6. The summed E-state index contributed by atoms with van der Waals surface area (Å²) in [4.78, 5) is 0. The highest BCUT2D eigenvalue weighted by molar-refractivity contribution is 5.29. The molecule has 2 atom stereocenters. The van der Waals surface area contributed by atoms with Crippen molar-refractivity contribution in [2.45, 2.75) is 50.7 Å². The largest absolute Gasteiger partial charge is 0.497 e. The Labute approximate surface area is 122 Å². The Balaban J connectivity index is 1.98. The Hall–Kier alpha value is -1.06. The summed E-state index contributed by atoms with van der Waals surface area (Å²) < 4.78 is 11.0. The van der Waals surface area contributed by atoms with Crippen LogP contribution in [0.15, 0.2) is 24.3 Å². The molecule has 2 rings (SSSR count). The topological polar surface area (TPSA) is 44.5 Å². The highest BCUT2D eigenvalue weighted by atomic mass is 16.5. The number of rotatable bonds is 6. The van der Waals surface area contributed by atoms with Crippen LogP contribution < -0.4 is 10.5 Å². The molecule has 0 saturated heterocycles. The van der Waals surface area contributed by atoms with Crippen molar-refractivity contribution in [3.63, 3.8) is 0 Å². The van der Waals surface area contributed by atoms with Crippen molar-refractivity contribution in [1.29, 1.82) is 0 Å². The van der Waals surface area contributed by atoms with Gasteiger partial charge < -0.3 is 15.2 Å². The molecule has 0 radical (unpaired) electrons. The standard InChI is InChI=1S/C17H27NO2/c1-19-15-10-6-7-13(11-15)12-16(18)17(20-2)14-8-4-3-5-9-14/h6-7,10-11,14,16-17H,3-5,8-9,12,18H2,1-2H3. The number of hydrogen-bond donors (Lipinski definition) is 1. The summed E-state index contributed by atoms with van der Waals surface area (Å²) in [5.74, 6) is 1.51. The van der Waals surface area contributed by atoms with Gasteiger partial charge in [0.05, 0.1) is 13.2 Å². The lowest BCUT2D eigenvalue weighted by Gasteiger charge is -2.33. The average Bonchev–Trinajstić information content (AvgIpc) is 2.49. The second-order valence-electron chi connectivity index (χ2n) is 5.82. The molecule has 0 heterocycles. The first kappa shape index (κ1) is 15.3. The van der Waals surface area contributed by atoms with Crippen LogP contribution in [0.5, 0.6) is 5.75 Å². The first-order valence-corrected chi connectivity index (χ1v) is 7.66. The van der Waals surface area contributed by atoms with E-state index in [0.29, 0.717) is 5.92 Å². The number of benzene rings is 1. The summed E-state index contributed by atoms with van der Waals surface area (Å²) in [6, 6.07) is 8.20. The zero-order chi connectivity index (χ0) is 14.4. The summed E-state index contributed by atoms with van der Waals surface area (Å²) >= 11 is 0. The summed E-state index contributed by atoms with van der Waals surface area (Å²) in [5, 5.41) is 0. The summed E-state index contributed by atoms with van der Waals surface area (Å²) in [7, 11) is 3.49. The Kier molecular flexibility index (Phi) is 5.86. The van der Waals surface area contributed by atoms with Crippen LogP contribution in [-0.4, -0.2) is 26.4 Å². The summed E-state index contributed by atoms with van der Waals surface area (Å²) in [6.07, 6.45) is 7.51. The van der Waals surface area contributed by atoms with Gasteiger partial charge >= 0.3 is 0 Å². The molecule has 3 nitrogen and oxygen atoms in total. The molecule has 0 aliphatic heterocycles. The zero-order valence-electron chi connectivity index (χ0n) is 12.7. The van der Waals surface area contributed by atoms with Gasteiger partial charge in [-0.15, -0.1) is 0 Å². The van der Waals surface area contributed by atoms with Crippen molar-refractivity contribution in [3.05, 3.63) is 29.8 Å². The van der Waals surface area contributed by atoms with E-state index in [2.05, 4.69) is 12.1 Å². The molecule has 1 aromatic rings. The third-order valence-electron chi connectivity index (χ3n) is 4.41. The van der Waals surface area contributed by atoms with Crippen molar-refractivity contribution in [2.24, 2.45) is 11.7 Å². The van der Waals surface area contributed by atoms with Gasteiger partial charge in [0, 0.05) is 13.2 Å². The van der Waals surface area contributed by atoms with Gasteiger partial charge in [-0.2, -0.15) is 0 Å². The van der Waals surface area contributed by atoms with Crippen LogP contribution in [0.4, 0.5) is 0 Å². The lowest BCUT2D eigenvalue weighted by atomic mass is 9.81. The van der Waals surface area contributed by atoms with Crippen LogP contribution in [0.25, 0.3) is 0 Å². The first-order chi connectivity index (χ1) is 9.74. The minimum Gasteiger partial charge on any atom is -0.497 e. The van der Waals surface area contributed by atoms with Crippen molar-refractivity contribution >= 4 is 0 Å². The molecule has 0 bridgehead atoms. The minimum atomic E-state index is 0.0511. The second-order valence-corrected chi connectivity index (χ2v) is 5.82. The number of hydrogen-bond acceptors (Lipinski definition) is 3. The Morgan fingerprint density at radius 2 is 1.95 bits per heavy atom. The van der Waals surface area contributed by atoms with Gasteiger partial charge in [0.2, 0.25) is 0 Å². The van der Waals surface area contributed by atoms with Gasteiger partial charge in [0.15, 0.2) is 0 Å². The molecule has 20 heavy (non-hydrogen) atoms. The molecule has 1 aromatic carbocycles. The fourth-order valence-electron chi connectivity index (χ4n) is 3.37. The van der Waals surface area contributed by atoms with E-state index in [0.717, 1.165) is 12.2 Å². The van der Waals surface area contributed by atoms with Gasteiger partial charge in [-0.05, 0) is 42.9 Å².